The number of esters is 2. The van der Waals surface area contributed by atoms with Crippen LogP contribution in [-0.2, 0) is 25.5 Å². The molecular weight excluding hydrogens is 282 g/mol. The van der Waals surface area contributed by atoms with E-state index in [9.17, 15) is 9.59 Å². The van der Waals surface area contributed by atoms with Crippen molar-refractivity contribution in [2.24, 2.45) is 5.73 Å². The summed E-state index contributed by atoms with van der Waals surface area (Å²) < 4.78 is 9.76. The highest BCUT2D eigenvalue weighted by molar-refractivity contribution is 6.05. The van der Waals surface area contributed by atoms with Gasteiger partial charge in [0.15, 0.2) is 0 Å². The maximum Gasteiger partial charge on any atom is 0.338 e. The summed E-state index contributed by atoms with van der Waals surface area (Å²) >= 11 is 0. The molecule has 0 radical (unpaired) electrons. The molecule has 0 amide bonds. The second kappa shape index (κ2) is 8.55. The minimum atomic E-state index is -1.80. The molecule has 1 aromatic rings. The monoisotopic (exact) mass is 301 g/mol. The minimum Gasteiger partial charge on any atom is -0.464 e. The fourth-order valence-corrected chi connectivity index (χ4v) is 1.67. The van der Waals surface area contributed by atoms with Crippen LogP contribution in [-0.4, -0.2) is 30.7 Å². The lowest BCUT2D eigenvalue weighted by atomic mass is 9.92. The lowest BCUT2D eigenvalue weighted by molar-refractivity contribution is -0.163. The number of benzene rings is 1. The van der Waals surface area contributed by atoms with Crippen molar-refractivity contribution < 1.29 is 19.1 Å². The van der Waals surface area contributed by atoms with Crippen LogP contribution in [0.5, 0.6) is 0 Å². The van der Waals surface area contributed by atoms with Gasteiger partial charge in [-0.2, -0.15) is 0 Å². The van der Waals surface area contributed by atoms with E-state index in [4.69, 9.17) is 15.2 Å². The molecule has 0 fully saturated rings. The summed E-state index contributed by atoms with van der Waals surface area (Å²) in [5.74, 6) is -1.53. The van der Waals surface area contributed by atoms with Crippen molar-refractivity contribution in [3.63, 3.8) is 0 Å². The van der Waals surface area contributed by atoms with Gasteiger partial charge < -0.3 is 15.2 Å². The van der Waals surface area contributed by atoms with Gasteiger partial charge in [0, 0.05) is 6.42 Å². The quantitative estimate of drug-likeness (QED) is 0.636. The van der Waals surface area contributed by atoms with Crippen molar-refractivity contribution in [2.75, 3.05) is 13.2 Å². The maximum absolute atomic E-state index is 11.9. The number of hydrogen-bond donors (Lipinski definition) is 1. The fraction of sp³-hybridized carbons (Fsp3) is 0.429. The van der Waals surface area contributed by atoms with Crippen molar-refractivity contribution in [1.29, 1.82) is 0 Å². The predicted molar refractivity (Wildman–Crippen MR) is 77.6 cm³/mol. The number of halogens is 1. The topological polar surface area (TPSA) is 78.6 Å². The van der Waals surface area contributed by atoms with Crippen molar-refractivity contribution in [3.8, 4) is 0 Å². The Morgan fingerprint density at radius 3 is 1.90 bits per heavy atom. The van der Waals surface area contributed by atoms with E-state index in [2.05, 4.69) is 0 Å². The zero-order valence-corrected chi connectivity index (χ0v) is 12.4. The number of carbonyl (C=O) groups is 2. The van der Waals surface area contributed by atoms with E-state index in [1.54, 1.807) is 26.0 Å². The van der Waals surface area contributed by atoms with Gasteiger partial charge in [-0.05, 0) is 19.4 Å². The van der Waals surface area contributed by atoms with Gasteiger partial charge in [0.2, 0.25) is 5.54 Å². The molecule has 0 saturated heterocycles. The molecule has 20 heavy (non-hydrogen) atoms. The Bertz CT molecular complexity index is 418. The Labute approximate surface area is 124 Å². The summed E-state index contributed by atoms with van der Waals surface area (Å²) in [5, 5.41) is 0. The number of nitrogens with two attached hydrogens (primary N) is 1. The van der Waals surface area contributed by atoms with Crippen LogP contribution in [0.4, 0.5) is 0 Å². The number of ether oxygens (including phenoxy) is 2. The average molecular weight is 302 g/mol. The van der Waals surface area contributed by atoms with Gasteiger partial charge in [-0.25, -0.2) is 9.59 Å². The van der Waals surface area contributed by atoms with Gasteiger partial charge >= 0.3 is 11.9 Å². The summed E-state index contributed by atoms with van der Waals surface area (Å²) in [7, 11) is 0. The molecule has 0 aliphatic carbocycles. The van der Waals surface area contributed by atoms with E-state index in [1.165, 1.54) is 0 Å². The molecule has 0 aliphatic heterocycles. The van der Waals surface area contributed by atoms with Gasteiger partial charge in [0.25, 0.3) is 0 Å². The molecule has 0 heterocycles. The van der Waals surface area contributed by atoms with E-state index in [1.807, 2.05) is 18.2 Å². The largest absolute Gasteiger partial charge is 0.464 e. The van der Waals surface area contributed by atoms with Gasteiger partial charge in [0.1, 0.15) is 0 Å². The van der Waals surface area contributed by atoms with Crippen molar-refractivity contribution >= 4 is 24.3 Å². The van der Waals surface area contributed by atoms with Gasteiger partial charge in [-0.1, -0.05) is 30.3 Å². The van der Waals surface area contributed by atoms with Crippen LogP contribution in [0.25, 0.3) is 0 Å². The first kappa shape index (κ1) is 18.4. The zero-order valence-electron chi connectivity index (χ0n) is 11.6. The predicted octanol–water partition coefficient (Wildman–Crippen LogP) is 1.47. The molecule has 0 spiro atoms. The van der Waals surface area contributed by atoms with Gasteiger partial charge in [-0.15, -0.1) is 12.4 Å². The number of rotatable bonds is 6. The van der Waals surface area contributed by atoms with Gasteiger partial charge in [0.05, 0.1) is 13.2 Å². The summed E-state index contributed by atoms with van der Waals surface area (Å²) in [4.78, 5) is 23.9. The summed E-state index contributed by atoms with van der Waals surface area (Å²) in [5.41, 5.74) is 4.91. The average Bonchev–Trinajstić information content (AvgIpc) is 2.40. The molecule has 0 unspecified atom stereocenters. The number of hydrogen-bond acceptors (Lipinski definition) is 5. The third-order valence-electron chi connectivity index (χ3n) is 2.61. The Balaban J connectivity index is 0.00000361. The van der Waals surface area contributed by atoms with Crippen LogP contribution >= 0.6 is 12.4 Å². The smallest absolute Gasteiger partial charge is 0.338 e. The number of carbonyl (C=O) groups excluding carboxylic acids is 2. The first-order chi connectivity index (χ1) is 9.04. The van der Waals surface area contributed by atoms with Crippen molar-refractivity contribution in [1.82, 2.24) is 0 Å². The Morgan fingerprint density at radius 1 is 1.05 bits per heavy atom. The Hall–Kier alpha value is -1.59. The molecule has 0 atom stereocenters. The normalized spacial score (nSPS) is 10.3. The highest BCUT2D eigenvalue weighted by Gasteiger charge is 2.45. The molecule has 1 rings (SSSR count). The molecule has 5 nitrogen and oxygen atoms in total. The first-order valence-corrected chi connectivity index (χ1v) is 6.21. The van der Waals surface area contributed by atoms with Crippen LogP contribution in [0, 0.1) is 0 Å². The minimum absolute atomic E-state index is 0. The van der Waals surface area contributed by atoms with Crippen LogP contribution in [0.2, 0.25) is 0 Å². The summed E-state index contributed by atoms with van der Waals surface area (Å²) in [6, 6.07) is 9.05. The SMILES string of the molecule is CCOC(=O)C(N)(Cc1ccccc1)C(=O)OCC.Cl. The van der Waals surface area contributed by atoms with Crippen LogP contribution < -0.4 is 5.73 Å². The molecule has 0 aromatic heterocycles. The van der Waals surface area contributed by atoms with Crippen LogP contribution in [0.15, 0.2) is 30.3 Å². The van der Waals surface area contributed by atoms with E-state index in [0.717, 1.165) is 5.56 Å². The third-order valence-corrected chi connectivity index (χ3v) is 2.61. The molecule has 1 aromatic carbocycles. The molecule has 0 aliphatic rings. The van der Waals surface area contributed by atoms with E-state index >= 15 is 0 Å². The van der Waals surface area contributed by atoms with E-state index < -0.39 is 17.5 Å². The Kier molecular flexibility index (Phi) is 7.87. The standard InChI is InChI=1S/C14H19NO4.ClH/c1-3-18-12(16)14(15,13(17)19-4-2)10-11-8-6-5-7-9-11;/h5-9H,3-4,10,15H2,1-2H3;1H. The summed E-state index contributed by atoms with van der Waals surface area (Å²) in [6.07, 6.45) is 0.0471. The highest BCUT2D eigenvalue weighted by Crippen LogP contribution is 2.15. The molecular formula is C14H20ClNO4. The lowest BCUT2D eigenvalue weighted by Gasteiger charge is -2.24. The van der Waals surface area contributed by atoms with Crippen molar-refractivity contribution in [2.45, 2.75) is 25.8 Å². The fourth-order valence-electron chi connectivity index (χ4n) is 1.67. The van der Waals surface area contributed by atoms with Crippen molar-refractivity contribution in [3.05, 3.63) is 35.9 Å². The molecule has 2 N–H and O–H groups in total. The zero-order chi connectivity index (χ0) is 14.3. The molecule has 6 heteroatoms. The second-order valence-electron chi connectivity index (χ2n) is 4.07. The lowest BCUT2D eigenvalue weighted by Crippen LogP contribution is -2.58. The molecule has 0 saturated carbocycles. The molecule has 0 bridgehead atoms. The van der Waals surface area contributed by atoms with Gasteiger partial charge in [-0.3, -0.25) is 0 Å². The molecule has 112 valence electrons. The summed E-state index contributed by atoms with van der Waals surface area (Å²) in [6.45, 7) is 3.63. The highest BCUT2D eigenvalue weighted by atomic mass is 35.5. The maximum atomic E-state index is 11.9. The van der Waals surface area contributed by atoms with Crippen LogP contribution in [0.1, 0.15) is 19.4 Å². The first-order valence-electron chi connectivity index (χ1n) is 6.21. The third kappa shape index (κ3) is 4.51. The van der Waals surface area contributed by atoms with Crippen LogP contribution in [0.3, 0.4) is 0 Å². The van der Waals surface area contributed by atoms with E-state index in [-0.39, 0.29) is 32.0 Å². The Morgan fingerprint density at radius 2 is 1.50 bits per heavy atom. The van der Waals surface area contributed by atoms with E-state index in [0.29, 0.717) is 0 Å². The second-order valence-corrected chi connectivity index (χ2v) is 4.07.